The van der Waals surface area contributed by atoms with E-state index in [0.717, 1.165) is 23.6 Å². The summed E-state index contributed by atoms with van der Waals surface area (Å²) in [4.78, 5) is 13.1. The van der Waals surface area contributed by atoms with Gasteiger partial charge in [0.15, 0.2) is 0 Å². The molecule has 118 valence electrons. The Kier molecular flexibility index (Phi) is 6.86. The van der Waals surface area contributed by atoms with E-state index in [0.29, 0.717) is 17.5 Å². The van der Waals surface area contributed by atoms with E-state index in [-0.39, 0.29) is 5.91 Å². The first kappa shape index (κ1) is 17.0. The number of hydrogen-bond acceptors (Lipinski definition) is 5. The highest BCUT2D eigenvalue weighted by atomic mass is 32.2. The second-order valence-electron chi connectivity index (χ2n) is 4.92. The van der Waals surface area contributed by atoms with Crippen LogP contribution >= 0.6 is 23.1 Å². The van der Waals surface area contributed by atoms with E-state index in [1.807, 2.05) is 18.2 Å². The minimum absolute atomic E-state index is 0.00400. The number of anilines is 1. The number of amides is 1. The van der Waals surface area contributed by atoms with E-state index in [4.69, 9.17) is 0 Å². The van der Waals surface area contributed by atoms with Gasteiger partial charge in [0.05, 0.1) is 0 Å². The molecule has 2 rings (SSSR count). The van der Waals surface area contributed by atoms with Gasteiger partial charge in [0.25, 0.3) is 0 Å². The Morgan fingerprint density at radius 1 is 1.23 bits per heavy atom. The molecule has 0 aliphatic rings. The quantitative estimate of drug-likeness (QED) is 0.718. The molecule has 2 aromatic rings. The molecule has 1 aromatic carbocycles. The number of hydrogen-bond donors (Lipinski definition) is 1. The fourth-order valence-corrected chi connectivity index (χ4v) is 3.95. The summed E-state index contributed by atoms with van der Waals surface area (Å²) in [5.74, 6) is 1.20. The lowest BCUT2D eigenvalue weighted by Crippen LogP contribution is -2.11. The molecule has 0 spiro atoms. The third-order valence-electron chi connectivity index (χ3n) is 3.36. The van der Waals surface area contributed by atoms with Gasteiger partial charge in [0.2, 0.25) is 11.0 Å². The van der Waals surface area contributed by atoms with Crippen molar-refractivity contribution in [1.82, 2.24) is 10.2 Å². The lowest BCUT2D eigenvalue weighted by atomic mass is 10.1. The normalized spacial score (nSPS) is 10.9. The van der Waals surface area contributed by atoms with Crippen molar-refractivity contribution in [3.63, 3.8) is 0 Å². The maximum Gasteiger partial charge on any atom is 0.227 e. The molecule has 1 N–H and O–H groups in total. The molecule has 1 heterocycles. The van der Waals surface area contributed by atoms with Gasteiger partial charge in [-0.3, -0.25) is 4.79 Å². The van der Waals surface area contributed by atoms with Crippen LogP contribution in [0.2, 0.25) is 0 Å². The van der Waals surface area contributed by atoms with Gasteiger partial charge in [-0.15, -0.1) is 22.0 Å². The molecule has 0 saturated carbocycles. The third kappa shape index (κ3) is 5.10. The predicted molar refractivity (Wildman–Crippen MR) is 93.6 cm³/mol. The van der Waals surface area contributed by atoms with Crippen LogP contribution in [0, 0.1) is 0 Å². The monoisotopic (exact) mass is 335 g/mol. The average Bonchev–Trinajstić information content (AvgIpc) is 2.98. The van der Waals surface area contributed by atoms with Crippen LogP contribution in [0.4, 0.5) is 5.13 Å². The third-order valence-corrected chi connectivity index (χ3v) is 5.38. The van der Waals surface area contributed by atoms with Crippen molar-refractivity contribution >= 4 is 34.1 Å². The standard InChI is InChI=1S/C16H21N3OS2/c1-3-12(4-2)15-18-19-16(22-15)17-14(20)10-11-21-13-8-6-5-7-9-13/h5-9,12H,3-4,10-11H2,1-2H3,(H,17,19,20). The Labute approximate surface area is 139 Å². The molecule has 0 unspecified atom stereocenters. The fraction of sp³-hybridized carbons (Fsp3) is 0.438. The summed E-state index contributed by atoms with van der Waals surface area (Å²) in [6, 6.07) is 10.1. The van der Waals surface area contributed by atoms with E-state index in [1.54, 1.807) is 11.8 Å². The van der Waals surface area contributed by atoms with Gasteiger partial charge in [-0.1, -0.05) is 43.4 Å². The number of thioether (sulfide) groups is 1. The summed E-state index contributed by atoms with van der Waals surface area (Å²) < 4.78 is 0. The fourth-order valence-electron chi connectivity index (χ4n) is 2.05. The van der Waals surface area contributed by atoms with Crippen LogP contribution in [-0.2, 0) is 4.79 Å². The van der Waals surface area contributed by atoms with E-state index < -0.39 is 0 Å². The Balaban J connectivity index is 1.77. The van der Waals surface area contributed by atoms with Gasteiger partial charge < -0.3 is 5.32 Å². The number of benzene rings is 1. The Morgan fingerprint density at radius 2 is 1.95 bits per heavy atom. The highest BCUT2D eigenvalue weighted by Gasteiger charge is 2.14. The van der Waals surface area contributed by atoms with Crippen molar-refractivity contribution in [2.75, 3.05) is 11.1 Å². The van der Waals surface area contributed by atoms with E-state index in [2.05, 4.69) is 41.5 Å². The van der Waals surface area contributed by atoms with Gasteiger partial charge in [0.1, 0.15) is 5.01 Å². The van der Waals surface area contributed by atoms with Crippen molar-refractivity contribution in [3.8, 4) is 0 Å². The largest absolute Gasteiger partial charge is 0.301 e. The van der Waals surface area contributed by atoms with Crippen molar-refractivity contribution in [2.45, 2.75) is 43.9 Å². The molecule has 0 saturated heterocycles. The van der Waals surface area contributed by atoms with E-state index in [9.17, 15) is 4.79 Å². The molecule has 0 radical (unpaired) electrons. The van der Waals surface area contributed by atoms with Crippen LogP contribution in [-0.4, -0.2) is 21.9 Å². The van der Waals surface area contributed by atoms with Crippen LogP contribution in [0.3, 0.4) is 0 Å². The molecule has 0 aliphatic heterocycles. The van der Waals surface area contributed by atoms with E-state index >= 15 is 0 Å². The molecular weight excluding hydrogens is 314 g/mol. The number of nitrogens with zero attached hydrogens (tertiary/aromatic N) is 2. The minimum Gasteiger partial charge on any atom is -0.301 e. The number of rotatable bonds is 8. The second kappa shape index (κ2) is 8.90. The van der Waals surface area contributed by atoms with Crippen molar-refractivity contribution < 1.29 is 4.79 Å². The first-order chi connectivity index (χ1) is 10.7. The van der Waals surface area contributed by atoms with Crippen LogP contribution in [0.15, 0.2) is 35.2 Å². The van der Waals surface area contributed by atoms with Crippen LogP contribution in [0.5, 0.6) is 0 Å². The van der Waals surface area contributed by atoms with Gasteiger partial charge in [-0.25, -0.2) is 0 Å². The van der Waals surface area contributed by atoms with Crippen LogP contribution in [0.1, 0.15) is 44.0 Å². The molecule has 1 aromatic heterocycles. The molecule has 4 nitrogen and oxygen atoms in total. The minimum atomic E-state index is -0.00400. The summed E-state index contributed by atoms with van der Waals surface area (Å²) in [6.45, 7) is 4.29. The van der Waals surface area contributed by atoms with Gasteiger partial charge in [-0.2, -0.15) is 0 Å². The summed E-state index contributed by atoms with van der Waals surface area (Å²) in [5.41, 5.74) is 0. The molecule has 6 heteroatoms. The zero-order valence-corrected chi connectivity index (χ0v) is 14.5. The SMILES string of the molecule is CCC(CC)c1nnc(NC(=O)CCSc2ccccc2)s1. The van der Waals surface area contributed by atoms with Gasteiger partial charge >= 0.3 is 0 Å². The summed E-state index contributed by atoms with van der Waals surface area (Å²) >= 11 is 3.17. The van der Waals surface area contributed by atoms with Crippen LogP contribution < -0.4 is 5.32 Å². The smallest absolute Gasteiger partial charge is 0.227 e. The summed E-state index contributed by atoms with van der Waals surface area (Å²) in [6.07, 6.45) is 2.57. The lowest BCUT2D eigenvalue weighted by molar-refractivity contribution is -0.115. The van der Waals surface area contributed by atoms with Gasteiger partial charge in [0, 0.05) is 23.0 Å². The lowest BCUT2D eigenvalue weighted by Gasteiger charge is -2.05. The maximum absolute atomic E-state index is 11.9. The Morgan fingerprint density at radius 3 is 2.64 bits per heavy atom. The van der Waals surface area contributed by atoms with Crippen molar-refractivity contribution in [2.24, 2.45) is 0 Å². The van der Waals surface area contributed by atoms with E-state index in [1.165, 1.54) is 16.2 Å². The molecule has 22 heavy (non-hydrogen) atoms. The topological polar surface area (TPSA) is 54.9 Å². The number of nitrogens with one attached hydrogen (secondary N) is 1. The highest BCUT2D eigenvalue weighted by Crippen LogP contribution is 2.28. The molecule has 0 aliphatic carbocycles. The maximum atomic E-state index is 11.9. The zero-order chi connectivity index (χ0) is 15.8. The van der Waals surface area contributed by atoms with Crippen molar-refractivity contribution in [1.29, 1.82) is 0 Å². The molecule has 0 fully saturated rings. The molecule has 1 amide bonds. The first-order valence-electron chi connectivity index (χ1n) is 7.54. The molecule has 0 bridgehead atoms. The summed E-state index contributed by atoms with van der Waals surface area (Å²) in [7, 11) is 0. The second-order valence-corrected chi connectivity index (χ2v) is 7.10. The van der Waals surface area contributed by atoms with Gasteiger partial charge in [-0.05, 0) is 25.0 Å². The number of carbonyl (C=O) groups excluding carboxylic acids is 1. The summed E-state index contributed by atoms with van der Waals surface area (Å²) in [5, 5.41) is 12.7. The molecular formula is C16H21N3OS2. The Hall–Kier alpha value is -1.40. The predicted octanol–water partition coefficient (Wildman–Crippen LogP) is 4.56. The number of aromatic nitrogens is 2. The highest BCUT2D eigenvalue weighted by molar-refractivity contribution is 7.99. The zero-order valence-electron chi connectivity index (χ0n) is 12.9. The number of carbonyl (C=O) groups is 1. The van der Waals surface area contributed by atoms with Crippen molar-refractivity contribution in [3.05, 3.63) is 35.3 Å². The first-order valence-corrected chi connectivity index (χ1v) is 9.34. The Bertz CT molecular complexity index is 582. The molecule has 0 atom stereocenters. The average molecular weight is 335 g/mol. The van der Waals surface area contributed by atoms with Crippen LogP contribution in [0.25, 0.3) is 0 Å².